The van der Waals surface area contributed by atoms with Crippen molar-refractivity contribution in [1.82, 2.24) is 14.7 Å². The zero-order chi connectivity index (χ0) is 26.8. The topological polar surface area (TPSA) is 73.3 Å². The minimum absolute atomic E-state index is 0.201. The highest BCUT2D eigenvalue weighted by Gasteiger charge is 2.34. The maximum Gasteiger partial charge on any atom is 0.261 e. The Kier molecular flexibility index (Phi) is 8.48. The van der Waals surface area contributed by atoms with Crippen LogP contribution in [0.4, 0.5) is 0 Å². The molecule has 2 amide bonds. The number of imide groups is 1. The van der Waals surface area contributed by atoms with Crippen LogP contribution in [0.15, 0.2) is 36.4 Å². The van der Waals surface area contributed by atoms with E-state index in [0.29, 0.717) is 55.1 Å². The first-order valence-corrected chi connectivity index (χ1v) is 14.4. The Balaban J connectivity index is 1.07. The summed E-state index contributed by atoms with van der Waals surface area (Å²) in [6.07, 6.45) is 3.36. The summed E-state index contributed by atoms with van der Waals surface area (Å²) in [6.45, 7) is 12.3. The number of aliphatic hydroxyl groups is 1. The predicted molar refractivity (Wildman–Crippen MR) is 149 cm³/mol. The minimum Gasteiger partial charge on any atom is -0.389 e. The lowest BCUT2D eigenvalue weighted by Gasteiger charge is -2.38. The van der Waals surface area contributed by atoms with Gasteiger partial charge in [0.15, 0.2) is 0 Å². The van der Waals surface area contributed by atoms with E-state index in [1.165, 1.54) is 17.7 Å². The Morgan fingerprint density at radius 3 is 2.18 bits per heavy atom. The second-order valence-electron chi connectivity index (χ2n) is 12.0. The smallest absolute Gasteiger partial charge is 0.261 e. The molecule has 0 radical (unpaired) electrons. The number of piperazine rings is 1. The van der Waals surface area contributed by atoms with E-state index in [4.69, 9.17) is 4.74 Å². The van der Waals surface area contributed by atoms with E-state index in [1.807, 2.05) is 36.4 Å². The first-order chi connectivity index (χ1) is 18.3. The van der Waals surface area contributed by atoms with Gasteiger partial charge in [0.2, 0.25) is 0 Å². The van der Waals surface area contributed by atoms with Crippen molar-refractivity contribution in [3.05, 3.63) is 47.5 Å². The van der Waals surface area contributed by atoms with E-state index < -0.39 is 6.10 Å². The zero-order valence-corrected chi connectivity index (χ0v) is 23.1. The summed E-state index contributed by atoms with van der Waals surface area (Å²) in [5, 5.41) is 12.4. The number of benzene rings is 2. The van der Waals surface area contributed by atoms with Crippen LogP contribution in [-0.4, -0.2) is 96.2 Å². The fraction of sp³-hybridized carbons (Fsp3) is 0.613. The van der Waals surface area contributed by atoms with Crippen LogP contribution < -0.4 is 0 Å². The molecule has 5 rings (SSSR count). The highest BCUT2D eigenvalue weighted by Crippen LogP contribution is 2.35. The first-order valence-electron chi connectivity index (χ1n) is 14.4. The number of carbonyl (C=O) groups is 2. The van der Waals surface area contributed by atoms with Crippen molar-refractivity contribution in [2.24, 2.45) is 17.8 Å². The molecule has 1 saturated carbocycles. The standard InChI is InChI=1S/C31H43N3O4/c1-21(2)25-11-10-22(3)18-28(25)38-20-24(35)19-33-14-12-32(13-15-33)16-17-34-30(36)26-8-4-6-23-7-5-9-27(29(23)26)31(34)37/h4-9,21-22,24-25,28,35H,10-20H2,1-3H3/t22-,24-,25+,28-/m0/s1. The van der Waals surface area contributed by atoms with Crippen molar-refractivity contribution in [3.63, 3.8) is 0 Å². The highest BCUT2D eigenvalue weighted by atomic mass is 16.5. The van der Waals surface area contributed by atoms with Gasteiger partial charge < -0.3 is 9.84 Å². The summed E-state index contributed by atoms with van der Waals surface area (Å²) in [4.78, 5) is 32.3. The predicted octanol–water partition coefficient (Wildman–Crippen LogP) is 3.89. The lowest BCUT2D eigenvalue weighted by molar-refractivity contribution is -0.0754. The molecule has 2 aromatic carbocycles. The summed E-state index contributed by atoms with van der Waals surface area (Å²) in [7, 11) is 0. The monoisotopic (exact) mass is 521 g/mol. The molecular formula is C31H43N3O4. The number of β-amino-alcohol motifs (C(OH)–C–C–N with tert-alkyl or cyclic N) is 1. The van der Waals surface area contributed by atoms with Crippen molar-refractivity contribution in [2.75, 3.05) is 52.4 Å². The fourth-order valence-electron chi connectivity index (χ4n) is 6.61. The van der Waals surface area contributed by atoms with Gasteiger partial charge in [-0.1, -0.05) is 51.5 Å². The normalized spacial score (nSPS) is 25.9. The molecule has 1 aliphatic carbocycles. The summed E-state index contributed by atoms with van der Waals surface area (Å²) in [5.74, 6) is 1.49. The van der Waals surface area contributed by atoms with Crippen LogP contribution in [0.25, 0.3) is 10.8 Å². The number of aliphatic hydroxyl groups excluding tert-OH is 1. The molecule has 0 aromatic heterocycles. The van der Waals surface area contributed by atoms with Gasteiger partial charge in [-0.2, -0.15) is 0 Å². The van der Waals surface area contributed by atoms with Gasteiger partial charge >= 0.3 is 0 Å². The molecule has 4 atom stereocenters. The van der Waals surface area contributed by atoms with Crippen molar-refractivity contribution in [1.29, 1.82) is 0 Å². The Bertz CT molecular complexity index is 1090. The second-order valence-corrected chi connectivity index (χ2v) is 12.0. The van der Waals surface area contributed by atoms with Gasteiger partial charge in [0.05, 0.1) is 18.8 Å². The van der Waals surface area contributed by atoms with Crippen molar-refractivity contribution in [2.45, 2.75) is 52.2 Å². The molecule has 206 valence electrons. The molecule has 2 fully saturated rings. The van der Waals surface area contributed by atoms with Gasteiger partial charge in [-0.3, -0.25) is 24.3 Å². The Morgan fingerprint density at radius 2 is 1.55 bits per heavy atom. The molecule has 1 saturated heterocycles. The van der Waals surface area contributed by atoms with Gasteiger partial charge in [-0.25, -0.2) is 0 Å². The van der Waals surface area contributed by atoms with Crippen LogP contribution in [0, 0.1) is 17.8 Å². The van der Waals surface area contributed by atoms with Crippen LogP contribution in [0.5, 0.6) is 0 Å². The van der Waals surface area contributed by atoms with E-state index in [9.17, 15) is 14.7 Å². The molecule has 1 N–H and O–H groups in total. The van der Waals surface area contributed by atoms with Crippen LogP contribution in [0.2, 0.25) is 0 Å². The van der Waals surface area contributed by atoms with Crippen LogP contribution in [-0.2, 0) is 4.74 Å². The summed E-state index contributed by atoms with van der Waals surface area (Å²) in [6, 6.07) is 11.3. The molecule has 38 heavy (non-hydrogen) atoms. The van der Waals surface area contributed by atoms with Crippen molar-refractivity contribution >= 4 is 22.6 Å². The fourth-order valence-corrected chi connectivity index (χ4v) is 6.61. The number of rotatable bonds is 9. The average Bonchev–Trinajstić information content (AvgIpc) is 2.91. The molecule has 2 aliphatic heterocycles. The molecule has 0 unspecified atom stereocenters. The number of carbonyl (C=O) groups excluding carboxylic acids is 2. The quantitative estimate of drug-likeness (QED) is 0.505. The zero-order valence-electron chi connectivity index (χ0n) is 23.1. The summed E-state index contributed by atoms with van der Waals surface area (Å²) >= 11 is 0. The minimum atomic E-state index is -0.488. The SMILES string of the molecule is CC(C)[C@H]1CC[C@H](C)C[C@@H]1OC[C@@H](O)CN1CCN(CCN2C(=O)c3cccc4cccc(c34)C2=O)CC1. The number of hydrogen-bond donors (Lipinski definition) is 1. The van der Waals surface area contributed by atoms with Crippen LogP contribution in [0.3, 0.4) is 0 Å². The third kappa shape index (κ3) is 5.81. The molecule has 2 heterocycles. The van der Waals surface area contributed by atoms with Crippen molar-refractivity contribution < 1.29 is 19.4 Å². The largest absolute Gasteiger partial charge is 0.389 e. The van der Waals surface area contributed by atoms with E-state index >= 15 is 0 Å². The van der Waals surface area contributed by atoms with Gasteiger partial charge in [0.25, 0.3) is 11.8 Å². The van der Waals surface area contributed by atoms with Crippen molar-refractivity contribution in [3.8, 4) is 0 Å². The van der Waals surface area contributed by atoms with Crippen LogP contribution in [0.1, 0.15) is 60.7 Å². The van der Waals surface area contributed by atoms with Gasteiger partial charge in [0.1, 0.15) is 0 Å². The Morgan fingerprint density at radius 1 is 0.921 bits per heavy atom. The highest BCUT2D eigenvalue weighted by molar-refractivity contribution is 6.25. The van der Waals surface area contributed by atoms with E-state index in [1.54, 1.807) is 0 Å². The molecule has 0 bridgehead atoms. The maximum absolute atomic E-state index is 13.1. The lowest BCUT2D eigenvalue weighted by atomic mass is 9.75. The van der Waals surface area contributed by atoms with Gasteiger partial charge in [-0.15, -0.1) is 0 Å². The third-order valence-corrected chi connectivity index (χ3v) is 8.89. The average molecular weight is 522 g/mol. The number of ether oxygens (including phenoxy) is 1. The molecule has 3 aliphatic rings. The molecular weight excluding hydrogens is 478 g/mol. The number of amides is 2. The first kappa shape index (κ1) is 27.3. The summed E-state index contributed by atoms with van der Waals surface area (Å²) < 4.78 is 6.27. The van der Waals surface area contributed by atoms with Gasteiger partial charge in [-0.05, 0) is 48.1 Å². The van der Waals surface area contributed by atoms with Crippen LogP contribution >= 0.6 is 0 Å². The molecule has 2 aromatic rings. The molecule has 7 nitrogen and oxygen atoms in total. The number of hydrogen-bond acceptors (Lipinski definition) is 6. The second kappa shape index (κ2) is 11.8. The van der Waals surface area contributed by atoms with E-state index in [-0.39, 0.29) is 17.9 Å². The maximum atomic E-state index is 13.1. The van der Waals surface area contributed by atoms with Gasteiger partial charge in [0, 0.05) is 62.3 Å². The molecule has 0 spiro atoms. The van der Waals surface area contributed by atoms with E-state index in [2.05, 4.69) is 30.6 Å². The number of nitrogens with zero attached hydrogens (tertiary/aromatic N) is 3. The third-order valence-electron chi connectivity index (χ3n) is 8.89. The van der Waals surface area contributed by atoms with E-state index in [0.717, 1.165) is 43.4 Å². The lowest BCUT2D eigenvalue weighted by Crippen LogP contribution is -2.52. The summed E-state index contributed by atoms with van der Waals surface area (Å²) in [5.41, 5.74) is 1.22. The molecule has 7 heteroatoms. The Labute approximate surface area is 226 Å². The Hall–Kier alpha value is -2.32.